The van der Waals surface area contributed by atoms with Gasteiger partial charge in [-0.2, -0.15) is 5.26 Å². The van der Waals surface area contributed by atoms with E-state index < -0.39 is 0 Å². The third kappa shape index (κ3) is 5.56. The SMILES string of the molecule is N#Cc1cc(NC2CCN(Cc3ccc(-n4c(-c5cccnc5N)nc5ccc(-c6ccccc6)nc54)cc3)CC2)ncn1. The van der Waals surface area contributed by atoms with Crippen LogP contribution in [0.15, 0.2) is 97.5 Å². The lowest BCUT2D eigenvalue weighted by Crippen LogP contribution is -2.38. The molecule has 2 aromatic carbocycles. The monoisotopic (exact) mass is 578 g/mol. The molecule has 0 amide bonds. The molecule has 0 atom stereocenters. The van der Waals surface area contributed by atoms with Crippen LogP contribution in [0.1, 0.15) is 24.1 Å². The fourth-order valence-corrected chi connectivity index (χ4v) is 5.71. The lowest BCUT2D eigenvalue weighted by Gasteiger charge is -2.32. The number of nitrogens with one attached hydrogen (secondary N) is 1. The summed E-state index contributed by atoms with van der Waals surface area (Å²) in [6.07, 6.45) is 5.11. The molecule has 10 nitrogen and oxygen atoms in total. The number of benzene rings is 2. The Balaban J connectivity index is 1.13. The van der Waals surface area contributed by atoms with Crippen molar-refractivity contribution < 1.29 is 0 Å². The van der Waals surface area contributed by atoms with Gasteiger partial charge >= 0.3 is 0 Å². The van der Waals surface area contributed by atoms with Gasteiger partial charge in [0.2, 0.25) is 0 Å². The zero-order valence-electron chi connectivity index (χ0n) is 24.0. The normalized spacial score (nSPS) is 14.0. The van der Waals surface area contributed by atoms with E-state index >= 15 is 0 Å². The molecule has 0 unspecified atom stereocenters. The highest BCUT2D eigenvalue weighted by atomic mass is 15.2. The third-order valence-corrected chi connectivity index (χ3v) is 7.98. The number of anilines is 2. The van der Waals surface area contributed by atoms with Gasteiger partial charge in [0, 0.05) is 49.2 Å². The number of imidazole rings is 1. The fourth-order valence-electron chi connectivity index (χ4n) is 5.71. The van der Waals surface area contributed by atoms with Crippen LogP contribution in [-0.2, 0) is 6.54 Å². The van der Waals surface area contributed by atoms with Gasteiger partial charge in [-0.05, 0) is 54.8 Å². The summed E-state index contributed by atoms with van der Waals surface area (Å²) in [5.74, 6) is 1.83. The van der Waals surface area contributed by atoms with Crippen molar-refractivity contribution in [3.8, 4) is 34.4 Å². The molecule has 3 N–H and O–H groups in total. The standard InChI is InChI=1S/C34H30N10/c35-20-26-19-31(39-22-38-26)40-25-14-17-43(18-15-25)21-23-8-10-27(11-9-23)44-33(28-7-4-16-37-32(28)36)42-30-13-12-29(41-34(30)44)24-5-2-1-3-6-24/h1-13,16,19,22,25H,14-15,17-18,21H2,(H2,36,37)(H,38,39,40). The van der Waals surface area contributed by atoms with E-state index in [4.69, 9.17) is 21.0 Å². The zero-order chi connectivity index (χ0) is 29.9. The quantitative estimate of drug-likeness (QED) is 0.253. The van der Waals surface area contributed by atoms with Gasteiger partial charge in [0.25, 0.3) is 0 Å². The van der Waals surface area contributed by atoms with Crippen molar-refractivity contribution >= 4 is 22.8 Å². The van der Waals surface area contributed by atoms with Crippen molar-refractivity contribution in [2.45, 2.75) is 25.4 Å². The van der Waals surface area contributed by atoms with Gasteiger partial charge in [0.15, 0.2) is 11.5 Å². The maximum absolute atomic E-state index is 9.10. The molecule has 0 spiro atoms. The Labute approximate surface area is 254 Å². The maximum Gasteiger partial charge on any atom is 0.165 e. The molecular formula is C34H30N10. The molecule has 0 bridgehead atoms. The van der Waals surface area contributed by atoms with Gasteiger partial charge in [-0.15, -0.1) is 0 Å². The molecule has 10 heteroatoms. The largest absolute Gasteiger partial charge is 0.383 e. The Morgan fingerprint density at radius 1 is 0.886 bits per heavy atom. The summed E-state index contributed by atoms with van der Waals surface area (Å²) in [7, 11) is 0. The van der Waals surface area contributed by atoms with Crippen LogP contribution in [0.25, 0.3) is 39.5 Å². The molecule has 1 aliphatic rings. The highest BCUT2D eigenvalue weighted by Gasteiger charge is 2.21. The number of fused-ring (bicyclic) bond motifs is 1. The van der Waals surface area contributed by atoms with Crippen molar-refractivity contribution in [2.75, 3.05) is 24.1 Å². The molecule has 6 aromatic rings. The Morgan fingerprint density at radius 3 is 2.48 bits per heavy atom. The van der Waals surface area contributed by atoms with Gasteiger partial charge in [0.1, 0.15) is 35.2 Å². The molecule has 0 saturated carbocycles. The highest BCUT2D eigenvalue weighted by Crippen LogP contribution is 2.32. The first-order valence-electron chi connectivity index (χ1n) is 14.6. The number of piperidine rings is 1. The predicted molar refractivity (Wildman–Crippen MR) is 171 cm³/mol. The number of rotatable bonds is 7. The van der Waals surface area contributed by atoms with E-state index in [2.05, 4.69) is 72.2 Å². The lowest BCUT2D eigenvalue weighted by molar-refractivity contribution is 0.211. The second-order valence-electron chi connectivity index (χ2n) is 10.9. The second-order valence-corrected chi connectivity index (χ2v) is 10.9. The Hall–Kier alpha value is -5.66. The summed E-state index contributed by atoms with van der Waals surface area (Å²) in [4.78, 5) is 25.0. The van der Waals surface area contributed by atoms with Gasteiger partial charge in [-0.1, -0.05) is 42.5 Å². The molecule has 1 fully saturated rings. The van der Waals surface area contributed by atoms with Crippen molar-refractivity contribution in [1.82, 2.24) is 34.4 Å². The summed E-state index contributed by atoms with van der Waals surface area (Å²) in [5.41, 5.74) is 13.1. The molecule has 5 heterocycles. The van der Waals surface area contributed by atoms with E-state index in [0.717, 1.165) is 66.1 Å². The lowest BCUT2D eigenvalue weighted by atomic mass is 10.0. The molecule has 7 rings (SSSR count). The van der Waals surface area contributed by atoms with E-state index in [1.807, 2.05) is 42.5 Å². The minimum atomic E-state index is 0.316. The molecule has 4 aromatic heterocycles. The summed E-state index contributed by atoms with van der Waals surface area (Å²) in [5, 5.41) is 12.6. The van der Waals surface area contributed by atoms with Crippen LogP contribution in [0.3, 0.4) is 0 Å². The number of nitriles is 1. The minimum absolute atomic E-state index is 0.316. The Kier molecular flexibility index (Phi) is 7.36. The van der Waals surface area contributed by atoms with Gasteiger partial charge < -0.3 is 11.1 Å². The number of pyridine rings is 2. The van der Waals surface area contributed by atoms with Crippen LogP contribution in [0, 0.1) is 11.3 Å². The summed E-state index contributed by atoms with van der Waals surface area (Å²) < 4.78 is 2.07. The van der Waals surface area contributed by atoms with Gasteiger partial charge in [-0.25, -0.2) is 24.9 Å². The summed E-state index contributed by atoms with van der Waals surface area (Å²) in [6.45, 7) is 2.80. The smallest absolute Gasteiger partial charge is 0.165 e. The van der Waals surface area contributed by atoms with Crippen LogP contribution in [0.4, 0.5) is 11.6 Å². The molecule has 216 valence electrons. The Bertz CT molecular complexity index is 1950. The van der Waals surface area contributed by atoms with Crippen molar-refractivity contribution in [1.29, 1.82) is 5.26 Å². The first-order chi connectivity index (χ1) is 21.6. The number of nitrogen functional groups attached to an aromatic ring is 1. The minimum Gasteiger partial charge on any atom is -0.383 e. The van der Waals surface area contributed by atoms with E-state index in [1.165, 1.54) is 11.9 Å². The van der Waals surface area contributed by atoms with Gasteiger partial charge in [0.05, 0.1) is 11.3 Å². The number of likely N-dealkylation sites (tertiary alicyclic amines) is 1. The summed E-state index contributed by atoms with van der Waals surface area (Å²) >= 11 is 0. The number of nitrogens with zero attached hydrogens (tertiary/aromatic N) is 8. The maximum atomic E-state index is 9.10. The predicted octanol–water partition coefficient (Wildman–Crippen LogP) is 5.47. The first-order valence-corrected chi connectivity index (χ1v) is 14.6. The topological polar surface area (TPSA) is 134 Å². The number of aromatic nitrogens is 6. The highest BCUT2D eigenvalue weighted by molar-refractivity contribution is 5.84. The number of hydrogen-bond donors (Lipinski definition) is 2. The van der Waals surface area contributed by atoms with Crippen molar-refractivity contribution in [3.05, 3.63) is 109 Å². The summed E-state index contributed by atoms with van der Waals surface area (Å²) in [6, 6.07) is 30.7. The molecule has 1 saturated heterocycles. The average Bonchev–Trinajstić information content (AvgIpc) is 3.45. The van der Waals surface area contributed by atoms with E-state index in [0.29, 0.717) is 29.2 Å². The second kappa shape index (κ2) is 11.9. The molecule has 0 aliphatic carbocycles. The molecular weight excluding hydrogens is 548 g/mol. The van der Waals surface area contributed by atoms with Crippen molar-refractivity contribution in [2.24, 2.45) is 0 Å². The third-order valence-electron chi connectivity index (χ3n) is 7.98. The molecule has 44 heavy (non-hydrogen) atoms. The van der Waals surface area contributed by atoms with E-state index in [1.54, 1.807) is 12.3 Å². The van der Waals surface area contributed by atoms with Gasteiger partial charge in [-0.3, -0.25) is 9.47 Å². The van der Waals surface area contributed by atoms with Crippen molar-refractivity contribution in [3.63, 3.8) is 0 Å². The number of nitrogens with two attached hydrogens (primary N) is 1. The van der Waals surface area contributed by atoms with Crippen LogP contribution >= 0.6 is 0 Å². The number of hydrogen-bond acceptors (Lipinski definition) is 9. The van der Waals surface area contributed by atoms with Crippen LogP contribution in [0.5, 0.6) is 0 Å². The van der Waals surface area contributed by atoms with E-state index in [9.17, 15) is 0 Å². The average molecular weight is 579 g/mol. The van der Waals surface area contributed by atoms with Crippen LogP contribution in [-0.4, -0.2) is 53.5 Å². The van der Waals surface area contributed by atoms with E-state index in [-0.39, 0.29) is 0 Å². The first kappa shape index (κ1) is 27.2. The van der Waals surface area contributed by atoms with Crippen LogP contribution in [0.2, 0.25) is 0 Å². The molecule has 1 aliphatic heterocycles. The fraction of sp³-hybridized carbons (Fsp3) is 0.176. The zero-order valence-corrected chi connectivity index (χ0v) is 24.0. The van der Waals surface area contributed by atoms with Crippen LogP contribution < -0.4 is 11.1 Å². The Morgan fingerprint density at radius 2 is 1.70 bits per heavy atom. The molecule has 0 radical (unpaired) electrons.